The third-order valence-electron chi connectivity index (χ3n) is 3.20. The van der Waals surface area contributed by atoms with Gasteiger partial charge in [-0.1, -0.05) is 45.9 Å². The van der Waals surface area contributed by atoms with E-state index in [1.54, 1.807) is 0 Å². The minimum absolute atomic E-state index is 0.124. The molecule has 0 aliphatic heterocycles. The van der Waals surface area contributed by atoms with Crippen molar-refractivity contribution in [2.75, 3.05) is 11.1 Å². The van der Waals surface area contributed by atoms with Crippen LogP contribution in [0.4, 0.5) is 5.69 Å². The molecule has 0 saturated heterocycles. The van der Waals surface area contributed by atoms with Gasteiger partial charge < -0.3 is 9.73 Å². The van der Waals surface area contributed by atoms with E-state index in [0.717, 1.165) is 21.3 Å². The highest BCUT2D eigenvalue weighted by atomic mass is 79.9. The number of carbonyl (C=O) groups is 1. The second kappa shape index (κ2) is 7.63. The quantitative estimate of drug-likeness (QED) is 0.633. The van der Waals surface area contributed by atoms with Gasteiger partial charge in [-0.3, -0.25) is 4.79 Å². The van der Waals surface area contributed by atoms with Gasteiger partial charge in [0.05, 0.1) is 5.75 Å². The number of anilines is 1. The highest BCUT2D eigenvalue weighted by Gasteiger charge is 2.11. The number of nitrogens with one attached hydrogen (secondary N) is 1. The fraction of sp³-hybridized carbons (Fsp3) is 0.118. The molecule has 5 nitrogen and oxygen atoms in total. The van der Waals surface area contributed by atoms with Crippen molar-refractivity contribution in [3.63, 3.8) is 0 Å². The van der Waals surface area contributed by atoms with Crippen molar-refractivity contribution in [2.24, 2.45) is 0 Å². The Labute approximate surface area is 152 Å². The molecule has 2 aromatic carbocycles. The van der Waals surface area contributed by atoms with E-state index in [-0.39, 0.29) is 11.7 Å². The molecule has 122 valence electrons. The third kappa shape index (κ3) is 4.24. The molecular weight excluding hydrogens is 390 g/mol. The Morgan fingerprint density at radius 1 is 1.21 bits per heavy atom. The van der Waals surface area contributed by atoms with Gasteiger partial charge in [0.1, 0.15) is 0 Å². The van der Waals surface area contributed by atoms with Crippen molar-refractivity contribution in [3.8, 4) is 11.5 Å². The second-order valence-corrected chi connectivity index (χ2v) is 6.82. The molecule has 0 radical (unpaired) electrons. The molecule has 0 saturated carbocycles. The first kappa shape index (κ1) is 16.7. The van der Waals surface area contributed by atoms with E-state index in [2.05, 4.69) is 31.4 Å². The maximum absolute atomic E-state index is 12.0. The zero-order valence-electron chi connectivity index (χ0n) is 12.8. The molecule has 0 fully saturated rings. The summed E-state index contributed by atoms with van der Waals surface area (Å²) in [6.45, 7) is 1.97. The fourth-order valence-electron chi connectivity index (χ4n) is 2.01. The summed E-state index contributed by atoms with van der Waals surface area (Å²) in [5.41, 5.74) is 2.67. The first-order chi connectivity index (χ1) is 11.6. The molecule has 0 atom stereocenters. The molecule has 1 amide bonds. The standard InChI is InChI=1S/C17H14BrN3O2S/c1-11-9-13(7-8-14(11)18)19-15(22)10-24-17-21-20-16(23-17)12-5-3-2-4-6-12/h2-9H,10H2,1H3,(H,19,22). The first-order valence-corrected chi connectivity index (χ1v) is 8.97. The maximum atomic E-state index is 12.0. The normalized spacial score (nSPS) is 10.6. The number of hydrogen-bond donors (Lipinski definition) is 1. The lowest BCUT2D eigenvalue weighted by Crippen LogP contribution is -2.14. The van der Waals surface area contributed by atoms with Crippen molar-refractivity contribution < 1.29 is 9.21 Å². The van der Waals surface area contributed by atoms with E-state index < -0.39 is 0 Å². The minimum atomic E-state index is -0.124. The Bertz CT molecular complexity index is 852. The van der Waals surface area contributed by atoms with Gasteiger partial charge in [0.15, 0.2) is 0 Å². The molecule has 3 aromatic rings. The summed E-state index contributed by atoms with van der Waals surface area (Å²) < 4.78 is 6.57. The van der Waals surface area contributed by atoms with E-state index in [9.17, 15) is 4.79 Å². The predicted octanol–water partition coefficient (Wildman–Crippen LogP) is 4.54. The molecule has 0 aliphatic rings. The zero-order chi connectivity index (χ0) is 16.9. The number of aryl methyl sites for hydroxylation is 1. The van der Waals surface area contributed by atoms with Crippen LogP contribution in [0.1, 0.15) is 5.56 Å². The van der Waals surface area contributed by atoms with Crippen LogP contribution in [0.25, 0.3) is 11.5 Å². The summed E-state index contributed by atoms with van der Waals surface area (Å²) >= 11 is 4.64. The van der Waals surface area contributed by atoms with Crippen molar-refractivity contribution in [1.82, 2.24) is 10.2 Å². The van der Waals surface area contributed by atoms with Gasteiger partial charge in [-0.15, -0.1) is 10.2 Å². The van der Waals surface area contributed by atoms with Crippen LogP contribution in [0.2, 0.25) is 0 Å². The van der Waals surface area contributed by atoms with Crippen LogP contribution in [0.3, 0.4) is 0 Å². The van der Waals surface area contributed by atoms with E-state index in [1.165, 1.54) is 11.8 Å². The Kier molecular flexibility index (Phi) is 5.32. The highest BCUT2D eigenvalue weighted by Crippen LogP contribution is 2.23. The first-order valence-electron chi connectivity index (χ1n) is 7.19. The van der Waals surface area contributed by atoms with Gasteiger partial charge in [0.25, 0.3) is 5.22 Å². The summed E-state index contributed by atoms with van der Waals surface area (Å²) in [5.74, 6) is 0.522. The monoisotopic (exact) mass is 403 g/mol. The fourth-order valence-corrected chi connectivity index (χ4v) is 2.82. The number of nitrogens with zero attached hydrogens (tertiary/aromatic N) is 2. The summed E-state index contributed by atoms with van der Waals surface area (Å²) in [4.78, 5) is 12.0. The molecule has 1 aromatic heterocycles. The lowest BCUT2D eigenvalue weighted by atomic mass is 10.2. The van der Waals surface area contributed by atoms with Crippen LogP contribution in [-0.2, 0) is 4.79 Å². The number of benzene rings is 2. The van der Waals surface area contributed by atoms with Crippen LogP contribution in [0.5, 0.6) is 0 Å². The SMILES string of the molecule is Cc1cc(NC(=O)CSc2nnc(-c3ccccc3)o2)ccc1Br. The summed E-state index contributed by atoms with van der Waals surface area (Å²) in [6, 6.07) is 15.2. The number of thioether (sulfide) groups is 1. The molecule has 3 rings (SSSR count). The smallest absolute Gasteiger partial charge is 0.277 e. The van der Waals surface area contributed by atoms with E-state index in [0.29, 0.717) is 11.1 Å². The van der Waals surface area contributed by atoms with E-state index in [1.807, 2.05) is 55.5 Å². The highest BCUT2D eigenvalue weighted by molar-refractivity contribution is 9.10. The largest absolute Gasteiger partial charge is 0.411 e. The number of amides is 1. The van der Waals surface area contributed by atoms with Crippen molar-refractivity contribution in [3.05, 3.63) is 58.6 Å². The van der Waals surface area contributed by atoms with Crippen LogP contribution < -0.4 is 5.32 Å². The number of hydrogen-bond acceptors (Lipinski definition) is 5. The lowest BCUT2D eigenvalue weighted by Gasteiger charge is -2.06. The Hall–Kier alpha value is -2.12. The van der Waals surface area contributed by atoms with Crippen molar-refractivity contribution >= 4 is 39.3 Å². The summed E-state index contributed by atoms with van der Waals surface area (Å²) in [6.07, 6.45) is 0. The molecule has 7 heteroatoms. The van der Waals surface area contributed by atoms with Crippen molar-refractivity contribution in [1.29, 1.82) is 0 Å². The second-order valence-electron chi connectivity index (χ2n) is 5.04. The van der Waals surface area contributed by atoms with E-state index in [4.69, 9.17) is 4.42 Å². The molecule has 0 aliphatic carbocycles. The molecular formula is C17H14BrN3O2S. The van der Waals surface area contributed by atoms with Crippen LogP contribution in [0.15, 0.2) is 62.6 Å². The van der Waals surface area contributed by atoms with E-state index >= 15 is 0 Å². The number of carbonyl (C=O) groups excluding carboxylic acids is 1. The average molecular weight is 404 g/mol. The van der Waals surface area contributed by atoms with Gasteiger partial charge >= 0.3 is 0 Å². The topological polar surface area (TPSA) is 68.0 Å². The number of halogens is 1. The molecule has 0 spiro atoms. The predicted molar refractivity (Wildman–Crippen MR) is 98.0 cm³/mol. The average Bonchev–Trinajstić information content (AvgIpc) is 3.06. The summed E-state index contributed by atoms with van der Waals surface area (Å²) in [5, 5.41) is 11.2. The Balaban J connectivity index is 1.56. The van der Waals surface area contributed by atoms with Crippen molar-refractivity contribution in [2.45, 2.75) is 12.1 Å². The molecule has 0 bridgehead atoms. The maximum Gasteiger partial charge on any atom is 0.277 e. The number of rotatable bonds is 5. The van der Waals surface area contributed by atoms with Gasteiger partial charge in [-0.25, -0.2) is 0 Å². The van der Waals surface area contributed by atoms with Crippen LogP contribution >= 0.6 is 27.7 Å². The minimum Gasteiger partial charge on any atom is -0.411 e. The molecule has 24 heavy (non-hydrogen) atoms. The Morgan fingerprint density at radius 3 is 2.75 bits per heavy atom. The third-order valence-corrected chi connectivity index (χ3v) is 4.90. The molecule has 1 heterocycles. The van der Waals surface area contributed by atoms with Gasteiger partial charge in [0, 0.05) is 15.7 Å². The number of aromatic nitrogens is 2. The lowest BCUT2D eigenvalue weighted by molar-refractivity contribution is -0.113. The van der Waals surface area contributed by atoms with Gasteiger partial charge in [0.2, 0.25) is 11.8 Å². The molecule has 1 N–H and O–H groups in total. The van der Waals surface area contributed by atoms with Gasteiger partial charge in [-0.2, -0.15) is 0 Å². The molecule has 0 unspecified atom stereocenters. The Morgan fingerprint density at radius 2 is 2.00 bits per heavy atom. The van der Waals surface area contributed by atoms with Gasteiger partial charge in [-0.05, 0) is 42.8 Å². The van der Waals surface area contributed by atoms with Crippen LogP contribution in [-0.4, -0.2) is 21.9 Å². The summed E-state index contributed by atoms with van der Waals surface area (Å²) in [7, 11) is 0. The zero-order valence-corrected chi connectivity index (χ0v) is 15.2. The van der Waals surface area contributed by atoms with Crippen LogP contribution in [0, 0.1) is 6.92 Å².